The Labute approximate surface area is 156 Å². The summed E-state index contributed by atoms with van der Waals surface area (Å²) in [6.45, 7) is 2.12. The van der Waals surface area contributed by atoms with Crippen LogP contribution >= 0.6 is 0 Å². The van der Waals surface area contributed by atoms with Crippen molar-refractivity contribution in [1.29, 1.82) is 0 Å². The number of aromatic nitrogens is 3. The summed E-state index contributed by atoms with van der Waals surface area (Å²) in [5.41, 5.74) is -0.140. The molecule has 9 heteroatoms. The molecular weight excluding hydrogens is 366 g/mol. The first kappa shape index (κ1) is 17.8. The predicted octanol–water partition coefficient (Wildman–Crippen LogP) is 0.755. The minimum Gasteiger partial charge on any atom is -0.282 e. The molecule has 140 valence electrons. The Morgan fingerprint density at radius 3 is 2.48 bits per heavy atom. The molecule has 0 N–H and O–H groups in total. The maximum atomic E-state index is 12.7. The Morgan fingerprint density at radius 2 is 1.74 bits per heavy atom. The summed E-state index contributed by atoms with van der Waals surface area (Å²) in [5, 5.41) is 5.68. The molecule has 0 unspecified atom stereocenters. The number of piperazine rings is 1. The Balaban J connectivity index is 1.46. The van der Waals surface area contributed by atoms with Crippen LogP contribution in [0.5, 0.6) is 0 Å². The molecule has 1 fully saturated rings. The molecule has 0 aliphatic carbocycles. The quantitative estimate of drug-likeness (QED) is 0.659. The van der Waals surface area contributed by atoms with Crippen LogP contribution in [0.25, 0.3) is 10.8 Å². The molecule has 3 aromatic rings. The van der Waals surface area contributed by atoms with Crippen molar-refractivity contribution in [1.82, 2.24) is 24.0 Å². The molecule has 1 saturated heterocycles. The summed E-state index contributed by atoms with van der Waals surface area (Å²) in [7, 11) is -3.54. The van der Waals surface area contributed by atoms with Crippen LogP contribution in [0.3, 0.4) is 0 Å². The molecule has 4 rings (SSSR count). The van der Waals surface area contributed by atoms with Crippen LogP contribution in [0.2, 0.25) is 0 Å². The fourth-order valence-electron chi connectivity index (χ4n) is 3.18. The van der Waals surface area contributed by atoms with E-state index >= 15 is 0 Å². The van der Waals surface area contributed by atoms with E-state index in [9.17, 15) is 13.2 Å². The lowest BCUT2D eigenvalue weighted by molar-refractivity contribution is 0.143. The molecule has 2 aromatic heterocycles. The van der Waals surface area contributed by atoms with Gasteiger partial charge in [0.05, 0.1) is 18.3 Å². The van der Waals surface area contributed by atoms with Gasteiger partial charge >= 0.3 is 0 Å². The van der Waals surface area contributed by atoms with Gasteiger partial charge < -0.3 is 0 Å². The van der Waals surface area contributed by atoms with E-state index in [2.05, 4.69) is 10.1 Å². The van der Waals surface area contributed by atoms with E-state index in [0.717, 1.165) is 5.39 Å². The van der Waals surface area contributed by atoms with Crippen LogP contribution in [0.15, 0.2) is 64.7 Å². The van der Waals surface area contributed by atoms with Gasteiger partial charge in [-0.05, 0) is 18.2 Å². The fraction of sp³-hybridized carbons (Fsp3) is 0.278. The van der Waals surface area contributed by atoms with E-state index in [1.165, 1.54) is 15.2 Å². The highest BCUT2D eigenvalue weighted by molar-refractivity contribution is 7.89. The summed E-state index contributed by atoms with van der Waals surface area (Å²) >= 11 is 0. The summed E-state index contributed by atoms with van der Waals surface area (Å²) < 4.78 is 28.2. The van der Waals surface area contributed by atoms with Gasteiger partial charge in [0.15, 0.2) is 0 Å². The number of hydrogen-bond donors (Lipinski definition) is 0. The molecule has 0 amide bonds. The van der Waals surface area contributed by atoms with Crippen LogP contribution in [-0.2, 0) is 16.7 Å². The smallest absolute Gasteiger partial charge is 0.275 e. The van der Waals surface area contributed by atoms with Gasteiger partial charge in [0.1, 0.15) is 4.90 Å². The second-order valence-electron chi connectivity index (χ2n) is 6.39. The van der Waals surface area contributed by atoms with Crippen LogP contribution in [0, 0.1) is 0 Å². The highest BCUT2D eigenvalue weighted by Gasteiger charge is 2.28. The van der Waals surface area contributed by atoms with Crippen molar-refractivity contribution in [3.05, 3.63) is 65.3 Å². The van der Waals surface area contributed by atoms with Gasteiger partial charge in [-0.1, -0.05) is 18.2 Å². The van der Waals surface area contributed by atoms with Crippen LogP contribution in [-0.4, -0.2) is 58.6 Å². The van der Waals surface area contributed by atoms with E-state index in [4.69, 9.17) is 0 Å². The van der Waals surface area contributed by atoms with Crippen molar-refractivity contribution in [3.63, 3.8) is 0 Å². The van der Waals surface area contributed by atoms with Crippen molar-refractivity contribution < 1.29 is 8.42 Å². The molecule has 0 bridgehead atoms. The van der Waals surface area contributed by atoms with Crippen LogP contribution in [0.1, 0.15) is 0 Å². The Bertz CT molecular complexity index is 1110. The van der Waals surface area contributed by atoms with E-state index in [-0.39, 0.29) is 10.5 Å². The Hall–Kier alpha value is -2.62. The van der Waals surface area contributed by atoms with E-state index in [0.29, 0.717) is 38.2 Å². The molecule has 27 heavy (non-hydrogen) atoms. The molecule has 8 nitrogen and oxygen atoms in total. The summed E-state index contributed by atoms with van der Waals surface area (Å²) in [6, 6.07) is 10.5. The van der Waals surface area contributed by atoms with E-state index in [1.807, 2.05) is 23.1 Å². The van der Waals surface area contributed by atoms with Crippen molar-refractivity contribution >= 4 is 20.8 Å². The molecule has 1 aliphatic heterocycles. The summed E-state index contributed by atoms with van der Waals surface area (Å²) in [6.07, 6.45) is 4.59. The first-order chi connectivity index (χ1) is 13.1. The van der Waals surface area contributed by atoms with Gasteiger partial charge in [-0.25, -0.2) is 13.1 Å². The normalized spacial score (nSPS) is 16.6. The third-order valence-electron chi connectivity index (χ3n) is 4.70. The zero-order chi connectivity index (χ0) is 18.9. The zero-order valence-corrected chi connectivity index (χ0v) is 15.4. The van der Waals surface area contributed by atoms with Gasteiger partial charge in [0.25, 0.3) is 5.56 Å². The second-order valence-corrected chi connectivity index (χ2v) is 8.33. The molecule has 0 atom stereocenters. The molecule has 1 aliphatic rings. The van der Waals surface area contributed by atoms with Gasteiger partial charge in [-0.15, -0.1) is 0 Å². The number of benzene rings is 1. The first-order valence-electron chi connectivity index (χ1n) is 8.63. The van der Waals surface area contributed by atoms with Crippen LogP contribution in [0.4, 0.5) is 0 Å². The summed E-state index contributed by atoms with van der Waals surface area (Å²) in [5.74, 6) is 0. The molecule has 0 saturated carbocycles. The highest BCUT2D eigenvalue weighted by atomic mass is 32.2. The molecule has 0 spiro atoms. The average molecular weight is 385 g/mol. The predicted molar refractivity (Wildman–Crippen MR) is 101 cm³/mol. The van der Waals surface area contributed by atoms with Gasteiger partial charge in [0, 0.05) is 44.0 Å². The number of pyridine rings is 1. The highest BCUT2D eigenvalue weighted by Crippen LogP contribution is 2.16. The minimum atomic E-state index is -3.54. The Kier molecular flexibility index (Phi) is 4.73. The lowest BCUT2D eigenvalue weighted by atomic mass is 10.2. The number of nitrogens with zero attached hydrogens (tertiary/aromatic N) is 5. The molecule has 3 heterocycles. The number of fused-ring (bicyclic) bond motifs is 1. The maximum absolute atomic E-state index is 12.7. The zero-order valence-electron chi connectivity index (χ0n) is 14.6. The third-order valence-corrected chi connectivity index (χ3v) is 6.58. The van der Waals surface area contributed by atoms with Gasteiger partial charge in [0.2, 0.25) is 10.0 Å². The van der Waals surface area contributed by atoms with E-state index in [1.54, 1.807) is 30.6 Å². The molecular formula is C18H19N5O3S. The lowest BCUT2D eigenvalue weighted by Crippen LogP contribution is -2.49. The SMILES string of the molecule is O=c1c2ccccc2cnn1CN1CCN(S(=O)(=O)c2cccnc2)CC1. The maximum Gasteiger partial charge on any atom is 0.275 e. The third kappa shape index (κ3) is 3.48. The minimum absolute atomic E-state index is 0.140. The van der Waals surface area contributed by atoms with Crippen molar-refractivity contribution in [2.24, 2.45) is 0 Å². The molecule has 1 aromatic carbocycles. The van der Waals surface area contributed by atoms with Gasteiger partial charge in [-0.2, -0.15) is 9.40 Å². The number of rotatable bonds is 4. The first-order valence-corrected chi connectivity index (χ1v) is 10.1. The van der Waals surface area contributed by atoms with E-state index < -0.39 is 10.0 Å². The standard InChI is InChI=1S/C18H19N5O3S/c24-18-17-6-2-1-4-15(17)12-20-23(18)14-21-8-10-22(11-9-21)27(25,26)16-5-3-7-19-13-16/h1-7,12-13H,8-11,14H2. The van der Waals surface area contributed by atoms with Crippen molar-refractivity contribution in [3.8, 4) is 0 Å². The summed E-state index contributed by atoms with van der Waals surface area (Å²) in [4.78, 5) is 18.7. The average Bonchev–Trinajstić information content (AvgIpc) is 2.71. The second kappa shape index (κ2) is 7.18. The monoisotopic (exact) mass is 385 g/mol. The molecule has 0 radical (unpaired) electrons. The fourth-order valence-corrected chi connectivity index (χ4v) is 4.56. The number of sulfonamides is 1. The van der Waals surface area contributed by atoms with Gasteiger partial charge in [-0.3, -0.25) is 14.7 Å². The van der Waals surface area contributed by atoms with Crippen LogP contribution < -0.4 is 5.56 Å². The topological polar surface area (TPSA) is 88.4 Å². The lowest BCUT2D eigenvalue weighted by Gasteiger charge is -2.33. The van der Waals surface area contributed by atoms with Crippen molar-refractivity contribution in [2.75, 3.05) is 26.2 Å². The van der Waals surface area contributed by atoms with Crippen molar-refractivity contribution in [2.45, 2.75) is 11.6 Å². The number of hydrogen-bond acceptors (Lipinski definition) is 6. The largest absolute Gasteiger partial charge is 0.282 e. The Morgan fingerprint density at radius 1 is 0.963 bits per heavy atom.